The molecule has 0 bridgehead atoms. The molecule has 2 heterocycles. The molecule has 0 radical (unpaired) electrons. The maximum Gasteiger partial charge on any atom is 0.317 e. The average Bonchev–Trinajstić information content (AvgIpc) is 3.30. The minimum atomic E-state index is -0.951. The lowest BCUT2D eigenvalue weighted by atomic mass is 9.88. The first-order valence-electron chi connectivity index (χ1n) is 11.0. The Bertz CT molecular complexity index is 1150. The molecule has 4 rings (SSSR count). The third-order valence-corrected chi connectivity index (χ3v) is 6.34. The Balaban J connectivity index is 1.46. The predicted octanol–water partition coefficient (Wildman–Crippen LogP) is 5.53. The second-order valence-electron chi connectivity index (χ2n) is 8.16. The van der Waals surface area contributed by atoms with Crippen molar-refractivity contribution in [3.05, 3.63) is 82.5 Å². The van der Waals surface area contributed by atoms with Gasteiger partial charge in [-0.15, -0.1) is 0 Å². The van der Waals surface area contributed by atoms with Gasteiger partial charge in [0, 0.05) is 34.3 Å². The number of hydrogen-bond acceptors (Lipinski definition) is 5. The van der Waals surface area contributed by atoms with Crippen LogP contribution < -0.4 is 4.74 Å². The Morgan fingerprint density at radius 1 is 1.00 bits per heavy atom. The van der Waals surface area contributed by atoms with E-state index in [2.05, 4.69) is 4.98 Å². The number of ether oxygens (including phenoxy) is 2. The van der Waals surface area contributed by atoms with Gasteiger partial charge in [0.05, 0.1) is 18.5 Å². The van der Waals surface area contributed by atoms with E-state index < -0.39 is 5.41 Å². The van der Waals surface area contributed by atoms with Crippen molar-refractivity contribution in [1.82, 2.24) is 9.88 Å². The third-order valence-electron chi connectivity index (χ3n) is 5.83. The van der Waals surface area contributed by atoms with Crippen LogP contribution >= 0.6 is 23.2 Å². The molecule has 8 heteroatoms. The van der Waals surface area contributed by atoms with E-state index in [9.17, 15) is 9.59 Å². The average molecular weight is 499 g/mol. The smallest absolute Gasteiger partial charge is 0.317 e. The summed E-state index contributed by atoms with van der Waals surface area (Å²) in [5.41, 5.74) is 1.29. The van der Waals surface area contributed by atoms with Gasteiger partial charge in [0.2, 0.25) is 0 Å². The maximum absolute atomic E-state index is 13.0. The number of likely N-dealkylation sites (tertiary alicyclic amines) is 1. The number of benzene rings is 2. The van der Waals surface area contributed by atoms with Gasteiger partial charge < -0.3 is 14.4 Å². The van der Waals surface area contributed by atoms with Gasteiger partial charge in [-0.1, -0.05) is 35.3 Å². The normalized spacial score (nSPS) is 17.4. The van der Waals surface area contributed by atoms with Gasteiger partial charge in [0.1, 0.15) is 17.8 Å². The molecule has 3 aromatic rings. The number of amides is 1. The molecule has 0 saturated carbocycles. The highest BCUT2D eigenvalue weighted by Crippen LogP contribution is 2.34. The van der Waals surface area contributed by atoms with Crippen molar-refractivity contribution in [3.8, 4) is 17.0 Å². The van der Waals surface area contributed by atoms with Crippen molar-refractivity contribution in [3.63, 3.8) is 0 Å². The summed E-state index contributed by atoms with van der Waals surface area (Å²) in [6.45, 7) is 2.74. The summed E-state index contributed by atoms with van der Waals surface area (Å²) in [4.78, 5) is 32.0. The van der Waals surface area contributed by atoms with Gasteiger partial charge in [-0.2, -0.15) is 0 Å². The lowest BCUT2D eigenvalue weighted by molar-refractivity contribution is -0.156. The molecule has 1 aliphatic rings. The number of esters is 1. The largest absolute Gasteiger partial charge is 0.491 e. The summed E-state index contributed by atoms with van der Waals surface area (Å²) in [7, 11) is 0. The van der Waals surface area contributed by atoms with Crippen LogP contribution in [0, 0.1) is 5.41 Å². The fourth-order valence-corrected chi connectivity index (χ4v) is 4.18. The van der Waals surface area contributed by atoms with Crippen molar-refractivity contribution in [1.29, 1.82) is 0 Å². The highest BCUT2D eigenvalue weighted by Gasteiger charge is 2.48. The predicted molar refractivity (Wildman–Crippen MR) is 131 cm³/mol. The Morgan fingerprint density at radius 3 is 2.29 bits per heavy atom. The Kier molecular flexibility index (Phi) is 7.39. The lowest BCUT2D eigenvalue weighted by Crippen LogP contribution is -2.42. The van der Waals surface area contributed by atoms with Crippen molar-refractivity contribution in [2.75, 3.05) is 26.3 Å². The number of halogens is 2. The second-order valence-corrected chi connectivity index (χ2v) is 9.03. The van der Waals surface area contributed by atoms with E-state index in [-0.39, 0.29) is 31.6 Å². The molecule has 1 aliphatic heterocycles. The lowest BCUT2D eigenvalue weighted by Gasteiger charge is -2.27. The topological polar surface area (TPSA) is 68.7 Å². The van der Waals surface area contributed by atoms with E-state index in [0.29, 0.717) is 34.3 Å². The van der Waals surface area contributed by atoms with Gasteiger partial charge in [-0.05, 0) is 61.9 Å². The van der Waals surface area contributed by atoms with Crippen LogP contribution in [0.25, 0.3) is 11.3 Å². The van der Waals surface area contributed by atoms with Gasteiger partial charge in [-0.25, -0.2) is 0 Å². The van der Waals surface area contributed by atoms with Crippen molar-refractivity contribution in [2.24, 2.45) is 5.41 Å². The van der Waals surface area contributed by atoms with Crippen molar-refractivity contribution < 1.29 is 19.1 Å². The molecule has 1 saturated heterocycles. The van der Waals surface area contributed by atoms with Gasteiger partial charge in [0.25, 0.3) is 5.91 Å². The number of nitrogens with zero attached hydrogens (tertiary/aromatic N) is 2. The molecule has 0 spiro atoms. The van der Waals surface area contributed by atoms with Gasteiger partial charge in [-0.3, -0.25) is 14.6 Å². The SMILES string of the molecule is CCOC(=O)C1(COc2ccc(-c3ccc(Cl)cc3)nc2)CCN(C(=O)c2ccc(Cl)cc2)C1. The number of carbonyl (C=O) groups excluding carboxylic acids is 2. The van der Waals surface area contributed by atoms with Crippen LogP contribution in [0.15, 0.2) is 66.9 Å². The third kappa shape index (κ3) is 5.34. The number of carbonyl (C=O) groups is 2. The van der Waals surface area contributed by atoms with Gasteiger partial charge >= 0.3 is 5.97 Å². The van der Waals surface area contributed by atoms with Crippen LogP contribution in [-0.4, -0.2) is 48.1 Å². The maximum atomic E-state index is 13.0. The molecule has 2 aromatic carbocycles. The Hall–Kier alpha value is -3.09. The summed E-state index contributed by atoms with van der Waals surface area (Å²) in [5, 5.41) is 1.22. The van der Waals surface area contributed by atoms with E-state index in [0.717, 1.165) is 11.3 Å². The summed E-state index contributed by atoms with van der Waals surface area (Å²) in [6.07, 6.45) is 2.07. The minimum Gasteiger partial charge on any atom is -0.491 e. The number of rotatable bonds is 7. The molecule has 34 heavy (non-hydrogen) atoms. The second kappa shape index (κ2) is 10.5. The van der Waals surface area contributed by atoms with Crippen molar-refractivity contribution in [2.45, 2.75) is 13.3 Å². The van der Waals surface area contributed by atoms with Crippen LogP contribution in [-0.2, 0) is 9.53 Å². The van der Waals surface area contributed by atoms with Crippen molar-refractivity contribution >= 4 is 35.1 Å². The molecular formula is C26H24Cl2N2O4. The molecule has 0 N–H and O–H groups in total. The van der Waals surface area contributed by atoms with Crippen LogP contribution in [0.5, 0.6) is 5.75 Å². The minimum absolute atomic E-state index is 0.0816. The molecule has 1 aromatic heterocycles. The molecule has 176 valence electrons. The fraction of sp³-hybridized carbons (Fsp3) is 0.269. The summed E-state index contributed by atoms with van der Waals surface area (Å²) >= 11 is 11.9. The molecule has 1 unspecified atom stereocenters. The number of pyridine rings is 1. The molecular weight excluding hydrogens is 475 g/mol. The quantitative estimate of drug-likeness (QED) is 0.400. The van der Waals surface area contributed by atoms with Crippen LogP contribution in [0.1, 0.15) is 23.7 Å². The molecule has 1 atom stereocenters. The molecule has 1 amide bonds. The summed E-state index contributed by atoms with van der Waals surface area (Å²) < 4.78 is 11.3. The zero-order valence-electron chi connectivity index (χ0n) is 18.7. The van der Waals surface area contributed by atoms with E-state index in [4.69, 9.17) is 32.7 Å². The first-order chi connectivity index (χ1) is 16.4. The molecule has 0 aliphatic carbocycles. The highest BCUT2D eigenvalue weighted by molar-refractivity contribution is 6.31. The molecule has 1 fully saturated rings. The van der Waals surface area contributed by atoms with Crippen LogP contribution in [0.3, 0.4) is 0 Å². The zero-order chi connectivity index (χ0) is 24.1. The monoisotopic (exact) mass is 498 g/mol. The van der Waals surface area contributed by atoms with E-state index in [1.165, 1.54) is 0 Å². The number of hydrogen-bond donors (Lipinski definition) is 0. The standard InChI is InChI=1S/C26H24Cl2N2O4/c1-2-33-25(32)26(13-14-30(16-26)24(31)19-5-9-21(28)10-6-19)17-34-22-11-12-23(29-15-22)18-3-7-20(27)8-4-18/h3-12,15H,2,13-14,16-17H2,1H3. The van der Waals surface area contributed by atoms with Gasteiger partial charge in [0.15, 0.2) is 0 Å². The summed E-state index contributed by atoms with van der Waals surface area (Å²) in [5.74, 6) is 0.00726. The first kappa shape index (κ1) is 24.0. The highest BCUT2D eigenvalue weighted by atomic mass is 35.5. The Labute approximate surface area is 208 Å². The fourth-order valence-electron chi connectivity index (χ4n) is 3.93. The first-order valence-corrected chi connectivity index (χ1v) is 11.7. The van der Waals surface area contributed by atoms with E-state index in [1.54, 1.807) is 48.4 Å². The van der Waals surface area contributed by atoms with E-state index >= 15 is 0 Å². The summed E-state index contributed by atoms with van der Waals surface area (Å²) in [6, 6.07) is 17.8. The number of aromatic nitrogens is 1. The zero-order valence-corrected chi connectivity index (χ0v) is 20.2. The molecule has 6 nitrogen and oxygen atoms in total. The van der Waals surface area contributed by atoms with Crippen LogP contribution in [0.2, 0.25) is 10.0 Å². The van der Waals surface area contributed by atoms with E-state index in [1.807, 2.05) is 30.3 Å². The Morgan fingerprint density at radius 2 is 1.68 bits per heavy atom. The van der Waals surface area contributed by atoms with Crippen LogP contribution in [0.4, 0.5) is 0 Å².